The Labute approximate surface area is 122 Å². The molecule has 0 radical (unpaired) electrons. The first-order valence-electron chi connectivity index (χ1n) is 6.86. The van der Waals surface area contributed by atoms with Crippen molar-refractivity contribution in [1.82, 2.24) is 14.9 Å². The topological polar surface area (TPSA) is 84.2 Å². The average molecular weight is 289 g/mol. The number of nitrogens with zero attached hydrogens (tertiary/aromatic N) is 2. The molecule has 3 unspecified atom stereocenters. The lowest BCUT2D eigenvalue weighted by Gasteiger charge is -2.21. The summed E-state index contributed by atoms with van der Waals surface area (Å²) < 4.78 is 1.78. The van der Waals surface area contributed by atoms with Crippen molar-refractivity contribution < 1.29 is 14.7 Å². The molecule has 0 aliphatic heterocycles. The minimum absolute atomic E-state index is 0.223. The van der Waals surface area contributed by atoms with Crippen molar-refractivity contribution in [2.24, 2.45) is 5.92 Å². The van der Waals surface area contributed by atoms with E-state index in [9.17, 15) is 9.59 Å². The van der Waals surface area contributed by atoms with Crippen LogP contribution in [0.5, 0.6) is 0 Å². The van der Waals surface area contributed by atoms with Crippen LogP contribution in [0.4, 0.5) is 0 Å². The van der Waals surface area contributed by atoms with Crippen LogP contribution in [0.1, 0.15) is 26.8 Å². The molecule has 2 aromatic rings. The van der Waals surface area contributed by atoms with Gasteiger partial charge in [-0.15, -0.1) is 0 Å². The molecule has 0 saturated heterocycles. The van der Waals surface area contributed by atoms with Crippen LogP contribution < -0.4 is 5.32 Å². The molecular formula is C15H19N3O3. The van der Waals surface area contributed by atoms with Crippen LogP contribution >= 0.6 is 0 Å². The summed E-state index contributed by atoms with van der Waals surface area (Å²) in [5.74, 6) is -1.79. The second kappa shape index (κ2) is 5.95. The maximum atomic E-state index is 12.3. The number of rotatable bonds is 5. The maximum Gasteiger partial charge on any atom is 0.308 e. The third-order valence-corrected chi connectivity index (χ3v) is 3.79. The normalized spacial score (nSPS) is 15.4. The van der Waals surface area contributed by atoms with Gasteiger partial charge in [0.1, 0.15) is 6.04 Å². The number of carbonyl (C=O) groups excluding carboxylic acids is 1. The van der Waals surface area contributed by atoms with Gasteiger partial charge < -0.3 is 15.0 Å². The number of carbonyl (C=O) groups is 2. The van der Waals surface area contributed by atoms with Crippen molar-refractivity contribution in [2.45, 2.75) is 32.9 Å². The number of nitrogens with one attached hydrogen (secondary N) is 1. The first-order chi connectivity index (χ1) is 9.91. The summed E-state index contributed by atoms with van der Waals surface area (Å²) in [6.45, 7) is 5.03. The number of benzene rings is 1. The highest BCUT2D eigenvalue weighted by atomic mass is 16.4. The molecule has 2 N–H and O–H groups in total. The fourth-order valence-corrected chi connectivity index (χ4v) is 2.10. The lowest BCUT2D eigenvalue weighted by molar-refractivity contribution is -0.142. The highest BCUT2D eigenvalue weighted by Crippen LogP contribution is 2.17. The number of amides is 1. The van der Waals surface area contributed by atoms with E-state index in [4.69, 9.17) is 5.11 Å². The Morgan fingerprint density at radius 3 is 2.57 bits per heavy atom. The predicted octanol–water partition coefficient (Wildman–Crippen LogP) is 1.82. The standard InChI is InChI=1S/C15H19N3O3/c1-9(15(20)21)10(2)17-14(19)11(3)18-8-16-12-6-4-5-7-13(12)18/h4-11H,1-3H3,(H,17,19)(H,20,21). The molecule has 0 fully saturated rings. The molecule has 3 atom stereocenters. The Kier molecular flexibility index (Phi) is 4.26. The zero-order valence-corrected chi connectivity index (χ0v) is 12.3. The second-order valence-electron chi connectivity index (χ2n) is 5.24. The largest absolute Gasteiger partial charge is 0.481 e. The summed E-state index contributed by atoms with van der Waals surface area (Å²) in [5.41, 5.74) is 1.70. The van der Waals surface area contributed by atoms with Crippen molar-refractivity contribution in [3.05, 3.63) is 30.6 Å². The first-order valence-corrected chi connectivity index (χ1v) is 6.86. The molecule has 0 spiro atoms. The van der Waals surface area contributed by atoms with Crippen molar-refractivity contribution in [1.29, 1.82) is 0 Å². The Morgan fingerprint density at radius 2 is 1.90 bits per heavy atom. The van der Waals surface area contributed by atoms with Gasteiger partial charge in [0.25, 0.3) is 0 Å². The van der Waals surface area contributed by atoms with Crippen LogP contribution in [0.25, 0.3) is 11.0 Å². The number of aromatic nitrogens is 2. The van der Waals surface area contributed by atoms with Crippen LogP contribution in [-0.2, 0) is 9.59 Å². The number of imidazole rings is 1. The third kappa shape index (κ3) is 3.04. The number of hydrogen-bond donors (Lipinski definition) is 2. The van der Waals surface area contributed by atoms with E-state index in [0.29, 0.717) is 0 Å². The van der Waals surface area contributed by atoms with Gasteiger partial charge in [-0.05, 0) is 32.9 Å². The monoisotopic (exact) mass is 289 g/mol. The SMILES string of the molecule is CC(NC(=O)C(C)n1cnc2ccccc21)C(C)C(=O)O. The van der Waals surface area contributed by atoms with Crippen molar-refractivity contribution >= 4 is 22.9 Å². The zero-order valence-electron chi connectivity index (χ0n) is 12.3. The highest BCUT2D eigenvalue weighted by molar-refractivity contribution is 5.84. The summed E-state index contributed by atoms with van der Waals surface area (Å²) in [4.78, 5) is 27.5. The summed E-state index contributed by atoms with van der Waals surface area (Å²) in [6.07, 6.45) is 1.63. The van der Waals surface area contributed by atoms with Crippen LogP contribution in [0.15, 0.2) is 30.6 Å². The van der Waals surface area contributed by atoms with Crippen LogP contribution in [0.3, 0.4) is 0 Å². The Hall–Kier alpha value is -2.37. The molecular weight excluding hydrogens is 270 g/mol. The van der Waals surface area contributed by atoms with Gasteiger partial charge in [-0.2, -0.15) is 0 Å². The minimum atomic E-state index is -0.927. The molecule has 1 aromatic heterocycles. The number of para-hydroxylation sites is 2. The Bertz CT molecular complexity index is 665. The number of aliphatic carboxylic acids is 1. The molecule has 0 aliphatic carbocycles. The quantitative estimate of drug-likeness (QED) is 0.879. The number of hydrogen-bond acceptors (Lipinski definition) is 3. The van der Waals surface area contributed by atoms with Crippen molar-refractivity contribution in [3.63, 3.8) is 0 Å². The maximum absolute atomic E-state index is 12.3. The summed E-state index contributed by atoms with van der Waals surface area (Å²) in [6, 6.07) is 6.66. The molecule has 0 saturated carbocycles. The van der Waals surface area contributed by atoms with E-state index < -0.39 is 24.0 Å². The molecule has 1 heterocycles. The Balaban J connectivity index is 2.14. The highest BCUT2D eigenvalue weighted by Gasteiger charge is 2.24. The van der Waals surface area contributed by atoms with E-state index in [2.05, 4.69) is 10.3 Å². The Morgan fingerprint density at radius 1 is 1.24 bits per heavy atom. The lowest BCUT2D eigenvalue weighted by atomic mass is 10.0. The van der Waals surface area contributed by atoms with Gasteiger partial charge in [0.2, 0.25) is 5.91 Å². The first kappa shape index (κ1) is 15.0. The molecule has 21 heavy (non-hydrogen) atoms. The van der Waals surface area contributed by atoms with Crippen molar-refractivity contribution in [2.75, 3.05) is 0 Å². The zero-order chi connectivity index (χ0) is 15.6. The van der Waals surface area contributed by atoms with Gasteiger partial charge in [-0.1, -0.05) is 12.1 Å². The van der Waals surface area contributed by atoms with Gasteiger partial charge in [-0.25, -0.2) is 4.98 Å². The van der Waals surface area contributed by atoms with Crippen LogP contribution in [0, 0.1) is 5.92 Å². The van der Waals surface area contributed by atoms with Gasteiger partial charge >= 0.3 is 5.97 Å². The summed E-state index contributed by atoms with van der Waals surface area (Å²) >= 11 is 0. The molecule has 0 bridgehead atoms. The van der Waals surface area contributed by atoms with E-state index in [0.717, 1.165) is 11.0 Å². The van der Waals surface area contributed by atoms with Gasteiger partial charge in [0, 0.05) is 6.04 Å². The van der Waals surface area contributed by atoms with Gasteiger partial charge in [0.05, 0.1) is 23.3 Å². The van der Waals surface area contributed by atoms with E-state index in [-0.39, 0.29) is 5.91 Å². The molecule has 112 valence electrons. The van der Waals surface area contributed by atoms with E-state index in [1.165, 1.54) is 0 Å². The molecule has 6 heteroatoms. The van der Waals surface area contributed by atoms with E-state index in [1.54, 1.807) is 31.7 Å². The van der Waals surface area contributed by atoms with Gasteiger partial charge in [-0.3, -0.25) is 9.59 Å². The summed E-state index contributed by atoms with van der Waals surface area (Å²) in [7, 11) is 0. The second-order valence-corrected chi connectivity index (χ2v) is 5.24. The summed E-state index contributed by atoms with van der Waals surface area (Å²) in [5, 5.41) is 11.7. The number of carboxylic acids is 1. The number of fused-ring (bicyclic) bond motifs is 1. The predicted molar refractivity (Wildman–Crippen MR) is 78.8 cm³/mol. The lowest BCUT2D eigenvalue weighted by Crippen LogP contribution is -2.42. The minimum Gasteiger partial charge on any atom is -0.481 e. The molecule has 2 rings (SSSR count). The van der Waals surface area contributed by atoms with Crippen LogP contribution in [-0.4, -0.2) is 32.6 Å². The van der Waals surface area contributed by atoms with E-state index in [1.807, 2.05) is 24.3 Å². The van der Waals surface area contributed by atoms with Crippen LogP contribution in [0.2, 0.25) is 0 Å². The molecule has 6 nitrogen and oxygen atoms in total. The smallest absolute Gasteiger partial charge is 0.308 e. The van der Waals surface area contributed by atoms with Crippen molar-refractivity contribution in [3.8, 4) is 0 Å². The fourth-order valence-electron chi connectivity index (χ4n) is 2.10. The third-order valence-electron chi connectivity index (χ3n) is 3.79. The molecule has 1 amide bonds. The van der Waals surface area contributed by atoms with E-state index >= 15 is 0 Å². The molecule has 1 aromatic carbocycles. The molecule has 0 aliphatic rings. The average Bonchev–Trinajstić information content (AvgIpc) is 2.89. The fraction of sp³-hybridized carbons (Fsp3) is 0.400. The number of carboxylic acid groups (broad SMARTS) is 1. The van der Waals surface area contributed by atoms with Gasteiger partial charge in [0.15, 0.2) is 0 Å².